The molecule has 7 aromatic rings. The van der Waals surface area contributed by atoms with Gasteiger partial charge in [-0.1, -0.05) is 0 Å². The van der Waals surface area contributed by atoms with Crippen LogP contribution in [0.25, 0.3) is 89.7 Å². The molecule has 2 aliphatic heterocycles. The predicted molar refractivity (Wildman–Crippen MR) is 207 cm³/mol. The van der Waals surface area contributed by atoms with Crippen LogP contribution < -0.4 is 9.97 Å². The van der Waals surface area contributed by atoms with Gasteiger partial charge >= 0.3 is 17.1 Å². The van der Waals surface area contributed by atoms with Gasteiger partial charge in [-0.15, -0.1) is 0 Å². The van der Waals surface area contributed by atoms with Crippen LogP contribution in [-0.4, -0.2) is 69.3 Å². The van der Waals surface area contributed by atoms with E-state index >= 15 is 0 Å². The third-order valence-corrected chi connectivity index (χ3v) is 9.59. The number of fused-ring (bicyclic) bond motifs is 20. The molecular weight excluding hydrogens is 928 g/mol. The molecule has 2 aliphatic rings. The van der Waals surface area contributed by atoms with Gasteiger partial charge in [0.1, 0.15) is 0 Å². The summed E-state index contributed by atoms with van der Waals surface area (Å²) >= 11 is 0. The van der Waals surface area contributed by atoms with Crippen LogP contribution in [0.2, 0.25) is 0 Å². The van der Waals surface area contributed by atoms with E-state index in [0.29, 0.717) is 24.3 Å². The molecule has 0 atom stereocenters. The minimum absolute atomic E-state index is 0. The van der Waals surface area contributed by atoms with Gasteiger partial charge in [-0.2, -0.15) is 0 Å². The molecule has 32 nitrogen and oxygen atoms in total. The maximum atomic E-state index is 12.5. The maximum Gasteiger partial charge on any atom is 2.00 e. The van der Waals surface area contributed by atoms with E-state index in [0.717, 1.165) is 24.3 Å². The number of rotatable bonds is 8. The van der Waals surface area contributed by atoms with Crippen LogP contribution in [0, 0.1) is 80.9 Å². The van der Waals surface area contributed by atoms with Crippen molar-refractivity contribution in [2.75, 3.05) is 0 Å². The van der Waals surface area contributed by atoms with Gasteiger partial charge in [0.2, 0.25) is 0 Å². The Labute approximate surface area is 360 Å². The summed E-state index contributed by atoms with van der Waals surface area (Å²) in [4.78, 5) is 123. The van der Waals surface area contributed by atoms with E-state index in [1.165, 1.54) is 0 Å². The van der Waals surface area contributed by atoms with Crippen molar-refractivity contribution in [2.24, 2.45) is 0 Å². The molecule has 0 saturated heterocycles. The van der Waals surface area contributed by atoms with Crippen molar-refractivity contribution in [3.05, 3.63) is 129 Å². The molecule has 0 aliphatic carbocycles. The molecule has 8 bridgehead atoms. The molecule has 4 aromatic carbocycles. The number of aromatic nitrogens is 8. The van der Waals surface area contributed by atoms with Gasteiger partial charge in [0.05, 0.1) is 109 Å². The molecule has 0 fully saturated rings. The summed E-state index contributed by atoms with van der Waals surface area (Å²) in [7, 11) is 0. The van der Waals surface area contributed by atoms with Crippen LogP contribution in [0.15, 0.2) is 48.5 Å². The predicted octanol–water partition coefficient (Wildman–Crippen LogP) is 5.39. The van der Waals surface area contributed by atoms with Gasteiger partial charge in [0.25, 0.3) is 45.5 Å². The monoisotopic (exact) mass is 935 g/mol. The number of non-ortho nitro benzene ring substituents is 6. The third kappa shape index (κ3) is 6.48. The van der Waals surface area contributed by atoms with E-state index in [9.17, 15) is 80.9 Å². The van der Waals surface area contributed by atoms with E-state index in [1.54, 1.807) is 0 Å². The molecule has 9 rings (SSSR count). The number of benzene rings is 4. The van der Waals surface area contributed by atoms with Crippen molar-refractivity contribution in [1.82, 2.24) is 39.9 Å². The molecule has 0 saturated carbocycles. The zero-order chi connectivity index (χ0) is 45.8. The van der Waals surface area contributed by atoms with E-state index in [2.05, 4.69) is 39.9 Å². The molecule has 65 heavy (non-hydrogen) atoms. The minimum Gasteiger partial charge on any atom is -0.357 e. The van der Waals surface area contributed by atoms with Gasteiger partial charge in [0, 0.05) is 68.8 Å². The largest absolute Gasteiger partial charge is 2.00 e. The number of nitrogens with zero attached hydrogens (tertiary/aromatic N) is 16. The van der Waals surface area contributed by atoms with Crippen molar-refractivity contribution in [3.8, 4) is 45.6 Å². The normalized spacial score (nSPS) is 11.3. The quantitative estimate of drug-likeness (QED) is 0.105. The Morgan fingerprint density at radius 2 is 0.631 bits per heavy atom. The van der Waals surface area contributed by atoms with Crippen molar-refractivity contribution in [2.45, 2.75) is 0 Å². The number of nitro benzene ring substituents is 8. The fraction of sp³-hybridized carbons (Fsp3) is 0. The maximum absolute atomic E-state index is 12.5. The van der Waals surface area contributed by atoms with Crippen molar-refractivity contribution in [1.29, 1.82) is 0 Å². The standard InChI is InChI=1S/C32H8N16O16.Cu/c49-41(50)9-1-13-21(17(5-9)45(57)58)29-35-25(13)33-26-14-2-10(42(51)52)6-18(46(59)60)22(14)31(36-26)40-32-24-16(4-12(44(55)56)8-20(24)48(63)64)28(38-32)34-27-15-3-11(43(53)54)7-19(47(61)62)23(15)30(37-27)39-29;/h1-8H;/q-2;+2. The first kappa shape index (κ1) is 41.7. The summed E-state index contributed by atoms with van der Waals surface area (Å²) in [6.07, 6.45) is 0. The smallest absolute Gasteiger partial charge is 0.357 e. The SMILES string of the molecule is O=[N+]([O-])c1cc2c(c([N+](=O)[O-])c1)-c1nc-2nc2[n-]c(nc3nc(nc4[n-]c(n1)c1c([N+](=O)[O-])cc([N+](=O)[O-])cc41)-c1cc([N+](=O)[O-])cc([N+](=O)[O-])c1-3)c1c([N+](=O)[O-])cc([N+](=O)[O-])cc21.[Cu+2]. The fourth-order valence-corrected chi connectivity index (χ4v) is 7.02. The van der Waals surface area contributed by atoms with Crippen molar-refractivity contribution < 1.29 is 56.5 Å². The van der Waals surface area contributed by atoms with Crippen LogP contribution in [0.4, 0.5) is 45.5 Å². The van der Waals surface area contributed by atoms with E-state index < -0.39 is 175 Å². The van der Waals surface area contributed by atoms with Crippen LogP contribution in [0.5, 0.6) is 0 Å². The molecule has 323 valence electrons. The van der Waals surface area contributed by atoms with Crippen LogP contribution >= 0.6 is 0 Å². The Hall–Kier alpha value is -10.0. The average molecular weight is 936 g/mol. The number of nitro groups is 8. The van der Waals surface area contributed by atoms with Crippen LogP contribution in [-0.2, 0) is 17.1 Å². The Morgan fingerprint density at radius 1 is 0.338 bits per heavy atom. The van der Waals surface area contributed by atoms with Crippen LogP contribution in [0.1, 0.15) is 0 Å². The topological polar surface area (TPSA) is 451 Å². The van der Waals surface area contributed by atoms with Gasteiger partial charge in [0.15, 0.2) is 0 Å². The first-order valence-electron chi connectivity index (χ1n) is 16.9. The zero-order valence-corrected chi connectivity index (χ0v) is 31.5. The second kappa shape index (κ2) is 14.6. The van der Waals surface area contributed by atoms with Crippen molar-refractivity contribution in [3.63, 3.8) is 0 Å². The molecule has 0 spiro atoms. The molecule has 33 heteroatoms. The summed E-state index contributed by atoms with van der Waals surface area (Å²) in [5.74, 6) is -2.99. The van der Waals surface area contributed by atoms with Gasteiger partial charge < -0.3 is 29.9 Å². The summed E-state index contributed by atoms with van der Waals surface area (Å²) in [5, 5.41) is 95.7. The van der Waals surface area contributed by atoms with Gasteiger partial charge in [-0.25, -0.2) is 9.97 Å². The van der Waals surface area contributed by atoms with Gasteiger partial charge in [-0.3, -0.25) is 80.9 Å². The Balaban J connectivity index is 0.00000576. The fourth-order valence-electron chi connectivity index (χ4n) is 7.02. The number of hydrogen-bond donors (Lipinski definition) is 0. The molecule has 0 amide bonds. The summed E-state index contributed by atoms with van der Waals surface area (Å²) in [6.45, 7) is 0. The molecule has 0 N–H and O–H groups in total. The molecule has 5 heterocycles. The Morgan fingerprint density at radius 3 is 0.938 bits per heavy atom. The molecule has 3 aromatic heterocycles. The number of hydrogen-bond acceptors (Lipinski definition) is 22. The van der Waals surface area contributed by atoms with E-state index in [4.69, 9.17) is 0 Å². The second-order valence-electron chi connectivity index (χ2n) is 13.1. The summed E-state index contributed by atoms with van der Waals surface area (Å²) in [6, 6.07) is 5.08. The van der Waals surface area contributed by atoms with Crippen molar-refractivity contribution >= 4 is 89.6 Å². The summed E-state index contributed by atoms with van der Waals surface area (Å²) in [5.41, 5.74) is -13.1. The van der Waals surface area contributed by atoms with Crippen LogP contribution in [0.3, 0.4) is 0 Å². The first-order chi connectivity index (χ1) is 30.3. The Kier molecular flexibility index (Phi) is 9.34. The average Bonchev–Trinajstić information content (AvgIpc) is 3.97. The molecule has 0 unspecified atom stereocenters. The second-order valence-corrected chi connectivity index (χ2v) is 13.1. The first-order valence-corrected chi connectivity index (χ1v) is 16.9. The Bertz CT molecular complexity index is 3450. The molecular formula is C32H8CuN16O16. The van der Waals surface area contributed by atoms with E-state index in [1.807, 2.05) is 0 Å². The zero-order valence-electron chi connectivity index (χ0n) is 30.6. The minimum atomic E-state index is -1.08. The van der Waals surface area contributed by atoms with E-state index in [-0.39, 0.29) is 17.1 Å². The third-order valence-electron chi connectivity index (χ3n) is 9.59. The van der Waals surface area contributed by atoms with Gasteiger partial charge in [-0.05, 0) is 0 Å². The molecule has 1 radical (unpaired) electrons. The summed E-state index contributed by atoms with van der Waals surface area (Å²) < 4.78 is 0.